The zero-order chi connectivity index (χ0) is 17.5. The third kappa shape index (κ3) is 2.49. The molecule has 2 N–H and O–H groups in total. The van der Waals surface area contributed by atoms with Crippen LogP contribution in [0.25, 0.3) is 33.4 Å². The van der Waals surface area contributed by atoms with Crippen molar-refractivity contribution in [2.45, 2.75) is 38.1 Å². The highest BCUT2D eigenvalue weighted by Crippen LogP contribution is 2.37. The van der Waals surface area contributed by atoms with Gasteiger partial charge in [-0.3, -0.25) is 4.68 Å². The van der Waals surface area contributed by atoms with E-state index in [4.69, 9.17) is 14.6 Å². The van der Waals surface area contributed by atoms with Crippen molar-refractivity contribution in [1.82, 2.24) is 14.8 Å². The van der Waals surface area contributed by atoms with Crippen LogP contribution in [0, 0.1) is 0 Å². The average Bonchev–Trinajstić information content (AvgIpc) is 3.42. The minimum Gasteiger partial charge on any atom is -0.472 e. The van der Waals surface area contributed by atoms with Crippen molar-refractivity contribution in [2.24, 2.45) is 0 Å². The van der Waals surface area contributed by atoms with E-state index in [0.29, 0.717) is 17.4 Å². The summed E-state index contributed by atoms with van der Waals surface area (Å²) >= 11 is 0. The van der Waals surface area contributed by atoms with Crippen LogP contribution in [-0.2, 0) is 0 Å². The number of aromatic nitrogens is 3. The van der Waals surface area contributed by atoms with Gasteiger partial charge in [0.2, 0.25) is 0 Å². The predicted molar refractivity (Wildman–Crippen MR) is 99.5 cm³/mol. The highest BCUT2D eigenvalue weighted by molar-refractivity contribution is 6.00. The van der Waals surface area contributed by atoms with Gasteiger partial charge < -0.3 is 14.6 Å². The molecule has 1 aliphatic carbocycles. The minimum atomic E-state index is 0.387. The van der Waals surface area contributed by atoms with Gasteiger partial charge in [0.1, 0.15) is 12.0 Å². The molecule has 0 spiro atoms. The molecule has 4 heterocycles. The van der Waals surface area contributed by atoms with Crippen LogP contribution in [0.5, 0.6) is 0 Å². The maximum absolute atomic E-state index is 6.04. The molecule has 5 rings (SSSR count). The molecule has 0 aromatic carbocycles. The molecule has 4 aromatic rings. The predicted octanol–water partition coefficient (Wildman–Crippen LogP) is 5.04. The number of hydrogen-bond donors (Lipinski definition) is 1. The zero-order valence-corrected chi connectivity index (χ0v) is 14.4. The van der Waals surface area contributed by atoms with Crippen molar-refractivity contribution in [3.8, 4) is 22.5 Å². The van der Waals surface area contributed by atoms with E-state index in [1.807, 2.05) is 18.3 Å². The number of anilines is 1. The van der Waals surface area contributed by atoms with Gasteiger partial charge in [-0.2, -0.15) is 5.10 Å². The van der Waals surface area contributed by atoms with Gasteiger partial charge in [0.25, 0.3) is 0 Å². The van der Waals surface area contributed by atoms with E-state index in [9.17, 15) is 0 Å². The number of rotatable bonds is 3. The van der Waals surface area contributed by atoms with Gasteiger partial charge in [-0.25, -0.2) is 4.98 Å². The molecule has 0 saturated heterocycles. The Kier molecular flexibility index (Phi) is 3.55. The van der Waals surface area contributed by atoms with E-state index in [1.54, 1.807) is 18.7 Å². The SMILES string of the molecule is Nc1ncc(-c2cnn(C3CCCCC3)c2)c2cc(-c3ccoc3)oc12. The number of fused-ring (bicyclic) bond motifs is 1. The van der Waals surface area contributed by atoms with Crippen molar-refractivity contribution in [2.75, 3.05) is 5.73 Å². The Bertz CT molecular complexity index is 1040. The standard InChI is InChI=1S/C20H20N4O2/c21-20-19-16(8-18(26-19)13-6-7-25-12-13)17(10-22-20)14-9-23-24(11-14)15-4-2-1-3-5-15/h6-12,15H,1-5H2,(H2,21,22). The molecule has 0 amide bonds. The van der Waals surface area contributed by atoms with E-state index in [-0.39, 0.29) is 0 Å². The lowest BCUT2D eigenvalue weighted by molar-refractivity contribution is 0.329. The van der Waals surface area contributed by atoms with Crippen LogP contribution < -0.4 is 5.73 Å². The van der Waals surface area contributed by atoms with E-state index in [2.05, 4.69) is 21.0 Å². The Labute approximate surface area is 150 Å². The first-order valence-electron chi connectivity index (χ1n) is 9.05. The smallest absolute Gasteiger partial charge is 0.177 e. The lowest BCUT2D eigenvalue weighted by atomic mass is 9.96. The Morgan fingerprint density at radius 2 is 2.00 bits per heavy atom. The monoisotopic (exact) mass is 348 g/mol. The van der Waals surface area contributed by atoms with Gasteiger partial charge in [-0.1, -0.05) is 19.3 Å². The summed E-state index contributed by atoms with van der Waals surface area (Å²) in [6.07, 6.45) is 15.4. The first-order chi connectivity index (χ1) is 12.8. The molecule has 0 radical (unpaired) electrons. The van der Waals surface area contributed by atoms with Gasteiger partial charge in [0.05, 0.1) is 24.1 Å². The van der Waals surface area contributed by atoms with Gasteiger partial charge in [0.15, 0.2) is 11.4 Å². The fraction of sp³-hybridized carbons (Fsp3) is 0.300. The second kappa shape index (κ2) is 6.05. The van der Waals surface area contributed by atoms with Gasteiger partial charge in [-0.05, 0) is 25.0 Å². The Morgan fingerprint density at radius 1 is 1.12 bits per heavy atom. The number of furan rings is 2. The zero-order valence-electron chi connectivity index (χ0n) is 14.4. The lowest BCUT2D eigenvalue weighted by Crippen LogP contribution is -2.12. The van der Waals surface area contributed by atoms with Crippen molar-refractivity contribution < 1.29 is 8.83 Å². The van der Waals surface area contributed by atoms with Crippen LogP contribution in [0.15, 0.2) is 52.1 Å². The van der Waals surface area contributed by atoms with Gasteiger partial charge in [-0.15, -0.1) is 0 Å². The van der Waals surface area contributed by atoms with Crippen LogP contribution in [0.2, 0.25) is 0 Å². The summed E-state index contributed by atoms with van der Waals surface area (Å²) in [5, 5.41) is 5.56. The highest BCUT2D eigenvalue weighted by atomic mass is 16.3. The summed E-state index contributed by atoms with van der Waals surface area (Å²) in [5.74, 6) is 1.10. The summed E-state index contributed by atoms with van der Waals surface area (Å²) < 4.78 is 13.2. The molecule has 0 aliphatic heterocycles. The number of nitrogen functional groups attached to an aromatic ring is 1. The van der Waals surface area contributed by atoms with Crippen LogP contribution in [0.3, 0.4) is 0 Å². The van der Waals surface area contributed by atoms with Crippen molar-refractivity contribution in [1.29, 1.82) is 0 Å². The topological polar surface area (TPSA) is 83.0 Å². The molecule has 0 atom stereocenters. The van der Waals surface area contributed by atoms with Gasteiger partial charge >= 0.3 is 0 Å². The fourth-order valence-electron chi connectivity index (χ4n) is 3.84. The van der Waals surface area contributed by atoms with Crippen molar-refractivity contribution in [3.63, 3.8) is 0 Å². The van der Waals surface area contributed by atoms with Crippen molar-refractivity contribution in [3.05, 3.63) is 43.2 Å². The first kappa shape index (κ1) is 15.3. The molecule has 0 bridgehead atoms. The molecule has 6 heteroatoms. The third-order valence-corrected chi connectivity index (χ3v) is 5.25. The summed E-state index contributed by atoms with van der Waals surface area (Å²) in [4.78, 5) is 4.32. The van der Waals surface area contributed by atoms with Gasteiger partial charge in [0, 0.05) is 28.9 Å². The molecule has 0 unspecified atom stereocenters. The van der Waals surface area contributed by atoms with Crippen LogP contribution in [0.4, 0.5) is 5.82 Å². The molecular formula is C20H20N4O2. The first-order valence-corrected chi connectivity index (χ1v) is 9.05. The van der Waals surface area contributed by atoms with E-state index >= 15 is 0 Å². The highest BCUT2D eigenvalue weighted by Gasteiger charge is 2.19. The third-order valence-electron chi connectivity index (χ3n) is 5.25. The quantitative estimate of drug-likeness (QED) is 0.561. The molecule has 26 heavy (non-hydrogen) atoms. The Hall–Kier alpha value is -3.02. The number of nitrogens with zero attached hydrogens (tertiary/aromatic N) is 3. The van der Waals surface area contributed by atoms with E-state index in [1.165, 1.54) is 32.1 Å². The average molecular weight is 348 g/mol. The summed E-state index contributed by atoms with van der Waals surface area (Å²) in [6, 6.07) is 4.36. The van der Waals surface area contributed by atoms with Crippen LogP contribution in [-0.4, -0.2) is 14.8 Å². The molecule has 6 nitrogen and oxygen atoms in total. The van der Waals surface area contributed by atoms with Crippen molar-refractivity contribution >= 4 is 16.8 Å². The maximum atomic E-state index is 6.04. The number of hydrogen-bond acceptors (Lipinski definition) is 5. The van der Waals surface area contributed by atoms with Crippen LogP contribution in [0.1, 0.15) is 38.1 Å². The number of pyridine rings is 1. The normalized spacial score (nSPS) is 15.7. The summed E-state index contributed by atoms with van der Waals surface area (Å²) in [5.41, 5.74) is 9.54. The Morgan fingerprint density at radius 3 is 2.81 bits per heavy atom. The number of nitrogens with two attached hydrogens (primary N) is 1. The second-order valence-corrected chi connectivity index (χ2v) is 6.92. The lowest BCUT2D eigenvalue weighted by Gasteiger charge is -2.21. The second-order valence-electron chi connectivity index (χ2n) is 6.92. The summed E-state index contributed by atoms with van der Waals surface area (Å²) in [7, 11) is 0. The largest absolute Gasteiger partial charge is 0.472 e. The van der Waals surface area contributed by atoms with E-state index in [0.717, 1.165) is 27.8 Å². The summed E-state index contributed by atoms with van der Waals surface area (Å²) in [6.45, 7) is 0. The molecule has 1 saturated carbocycles. The fourth-order valence-corrected chi connectivity index (χ4v) is 3.84. The molecule has 1 aliphatic rings. The minimum absolute atomic E-state index is 0.387. The molecule has 132 valence electrons. The maximum Gasteiger partial charge on any atom is 0.177 e. The molecular weight excluding hydrogens is 328 g/mol. The molecule has 4 aromatic heterocycles. The van der Waals surface area contributed by atoms with E-state index < -0.39 is 0 Å². The Balaban J connectivity index is 1.58. The van der Waals surface area contributed by atoms with Crippen LogP contribution >= 0.6 is 0 Å². The molecule has 1 fully saturated rings.